The molecular weight excluding hydrogens is 271 g/mol. The third-order valence-corrected chi connectivity index (χ3v) is 4.42. The number of nitrogens with zero attached hydrogens (tertiary/aromatic N) is 1. The van der Waals surface area contributed by atoms with Crippen molar-refractivity contribution >= 4 is 5.91 Å². The number of carbonyl (C=O) groups is 1. The fourth-order valence-electron chi connectivity index (χ4n) is 3.04. The van der Waals surface area contributed by atoms with Crippen LogP contribution in [0.2, 0.25) is 0 Å². The molecule has 2 fully saturated rings. The van der Waals surface area contributed by atoms with Crippen LogP contribution in [-0.2, 0) is 4.79 Å². The first-order valence-corrected chi connectivity index (χ1v) is 7.20. The number of piperidine rings is 1. The van der Waals surface area contributed by atoms with E-state index in [4.69, 9.17) is 0 Å². The van der Waals surface area contributed by atoms with E-state index in [1.807, 2.05) is 6.92 Å². The number of carbonyl (C=O) groups excluding carboxylic acids is 1. The molecule has 2 aliphatic rings. The van der Waals surface area contributed by atoms with Crippen LogP contribution in [0.5, 0.6) is 0 Å². The van der Waals surface area contributed by atoms with Gasteiger partial charge in [0.2, 0.25) is 5.91 Å². The molecule has 0 aliphatic carbocycles. The summed E-state index contributed by atoms with van der Waals surface area (Å²) >= 11 is 0. The second-order valence-corrected chi connectivity index (χ2v) is 5.71. The molecule has 4 nitrogen and oxygen atoms in total. The van der Waals surface area contributed by atoms with E-state index in [2.05, 4.69) is 15.5 Å². The van der Waals surface area contributed by atoms with Gasteiger partial charge in [-0.1, -0.05) is 6.92 Å². The lowest BCUT2D eigenvalue weighted by molar-refractivity contribution is -0.216. The zero-order chi connectivity index (χ0) is 14.8. The van der Waals surface area contributed by atoms with E-state index >= 15 is 0 Å². The third-order valence-electron chi connectivity index (χ3n) is 4.42. The van der Waals surface area contributed by atoms with E-state index in [9.17, 15) is 18.0 Å². The van der Waals surface area contributed by atoms with Crippen LogP contribution in [0.4, 0.5) is 13.2 Å². The van der Waals surface area contributed by atoms with Crippen molar-refractivity contribution in [3.63, 3.8) is 0 Å². The van der Waals surface area contributed by atoms with Crippen LogP contribution >= 0.6 is 0 Å². The van der Waals surface area contributed by atoms with Crippen LogP contribution in [0.1, 0.15) is 26.2 Å². The Morgan fingerprint density at radius 2 is 2.25 bits per heavy atom. The standard InChI is InChI=1S/C13H22F3N3O/c1-2-19-7-3-4-10(8-19)18-11(20)12(13(14,15)16)5-6-17-9-12/h10,17H,2-9H2,1H3,(H,18,20). The van der Waals surface area contributed by atoms with Crippen molar-refractivity contribution in [2.45, 2.75) is 38.4 Å². The first-order chi connectivity index (χ1) is 9.39. The Morgan fingerprint density at radius 1 is 1.50 bits per heavy atom. The Hall–Kier alpha value is -0.820. The monoisotopic (exact) mass is 293 g/mol. The molecule has 2 atom stereocenters. The maximum atomic E-state index is 13.3. The number of nitrogens with one attached hydrogen (secondary N) is 2. The molecular formula is C13H22F3N3O. The molecule has 0 aromatic rings. The van der Waals surface area contributed by atoms with Gasteiger partial charge in [-0.2, -0.15) is 13.2 Å². The summed E-state index contributed by atoms with van der Waals surface area (Å²) in [5, 5.41) is 5.30. The van der Waals surface area contributed by atoms with Crippen molar-refractivity contribution in [2.75, 3.05) is 32.7 Å². The van der Waals surface area contributed by atoms with Crippen LogP contribution in [-0.4, -0.2) is 55.7 Å². The molecule has 2 rings (SSSR count). The summed E-state index contributed by atoms with van der Waals surface area (Å²) in [5.74, 6) is -0.863. The lowest BCUT2D eigenvalue weighted by atomic mass is 9.84. The number of halogens is 3. The van der Waals surface area contributed by atoms with Gasteiger partial charge in [-0.05, 0) is 38.9 Å². The Bertz CT molecular complexity index is 353. The van der Waals surface area contributed by atoms with Gasteiger partial charge in [0, 0.05) is 19.1 Å². The van der Waals surface area contributed by atoms with E-state index in [1.54, 1.807) is 0 Å². The predicted octanol–water partition coefficient (Wildman–Crippen LogP) is 1.13. The summed E-state index contributed by atoms with van der Waals surface area (Å²) < 4.78 is 39.8. The summed E-state index contributed by atoms with van der Waals surface area (Å²) in [6.45, 7) is 4.39. The highest BCUT2D eigenvalue weighted by atomic mass is 19.4. The summed E-state index contributed by atoms with van der Waals surface area (Å²) in [4.78, 5) is 14.3. The highest BCUT2D eigenvalue weighted by Gasteiger charge is 2.61. The van der Waals surface area contributed by atoms with Crippen molar-refractivity contribution in [3.05, 3.63) is 0 Å². The molecule has 0 spiro atoms. The highest BCUT2D eigenvalue weighted by molar-refractivity contribution is 5.84. The fourth-order valence-corrected chi connectivity index (χ4v) is 3.04. The zero-order valence-electron chi connectivity index (χ0n) is 11.7. The molecule has 2 N–H and O–H groups in total. The normalized spacial score (nSPS) is 32.3. The molecule has 2 saturated heterocycles. The number of rotatable bonds is 3. The maximum Gasteiger partial charge on any atom is 0.404 e. The molecule has 2 aliphatic heterocycles. The Kier molecular flexibility index (Phi) is 4.59. The minimum Gasteiger partial charge on any atom is -0.351 e. The van der Waals surface area contributed by atoms with Crippen LogP contribution < -0.4 is 10.6 Å². The number of hydrogen-bond acceptors (Lipinski definition) is 3. The molecule has 0 aromatic heterocycles. The van der Waals surface area contributed by atoms with E-state index in [1.165, 1.54) is 0 Å². The van der Waals surface area contributed by atoms with Gasteiger partial charge in [0.05, 0.1) is 0 Å². The molecule has 2 heterocycles. The molecule has 1 amide bonds. The maximum absolute atomic E-state index is 13.3. The van der Waals surface area contributed by atoms with Crippen molar-refractivity contribution in [2.24, 2.45) is 5.41 Å². The second kappa shape index (κ2) is 5.89. The minimum atomic E-state index is -4.50. The summed E-state index contributed by atoms with van der Waals surface area (Å²) in [6.07, 6.45) is -3.01. The van der Waals surface area contributed by atoms with Crippen LogP contribution in [0.15, 0.2) is 0 Å². The molecule has 116 valence electrons. The van der Waals surface area contributed by atoms with E-state index in [0.29, 0.717) is 6.54 Å². The van der Waals surface area contributed by atoms with E-state index in [0.717, 1.165) is 25.9 Å². The smallest absolute Gasteiger partial charge is 0.351 e. The number of likely N-dealkylation sites (N-methyl/N-ethyl adjacent to an activating group) is 1. The fraction of sp³-hybridized carbons (Fsp3) is 0.923. The van der Waals surface area contributed by atoms with Crippen LogP contribution in [0.25, 0.3) is 0 Å². The minimum absolute atomic E-state index is 0.170. The van der Waals surface area contributed by atoms with Crippen molar-refractivity contribution in [3.8, 4) is 0 Å². The first kappa shape index (κ1) is 15.6. The van der Waals surface area contributed by atoms with Crippen molar-refractivity contribution in [1.82, 2.24) is 15.5 Å². The van der Waals surface area contributed by atoms with E-state index in [-0.39, 0.29) is 25.6 Å². The summed E-state index contributed by atoms with van der Waals surface area (Å²) in [5.41, 5.74) is -2.25. The Labute approximate surface area is 117 Å². The van der Waals surface area contributed by atoms with Gasteiger partial charge in [-0.25, -0.2) is 0 Å². The number of amides is 1. The molecule has 2 unspecified atom stereocenters. The molecule has 7 heteroatoms. The summed E-state index contributed by atoms with van der Waals surface area (Å²) in [7, 11) is 0. The zero-order valence-corrected chi connectivity index (χ0v) is 11.7. The quantitative estimate of drug-likeness (QED) is 0.820. The average Bonchev–Trinajstić information content (AvgIpc) is 2.89. The van der Waals surface area contributed by atoms with Crippen molar-refractivity contribution in [1.29, 1.82) is 0 Å². The van der Waals surface area contributed by atoms with Gasteiger partial charge in [-0.3, -0.25) is 4.79 Å². The number of likely N-dealkylation sites (tertiary alicyclic amines) is 1. The third kappa shape index (κ3) is 2.93. The van der Waals surface area contributed by atoms with Crippen molar-refractivity contribution < 1.29 is 18.0 Å². The second-order valence-electron chi connectivity index (χ2n) is 5.71. The van der Waals surface area contributed by atoms with E-state index < -0.39 is 17.5 Å². The highest BCUT2D eigenvalue weighted by Crippen LogP contribution is 2.43. The SMILES string of the molecule is CCN1CCCC(NC(=O)C2(C(F)(F)F)CCNC2)C1. The first-order valence-electron chi connectivity index (χ1n) is 7.20. The molecule has 0 bridgehead atoms. The van der Waals surface area contributed by atoms with Gasteiger partial charge < -0.3 is 15.5 Å². The van der Waals surface area contributed by atoms with Crippen LogP contribution in [0, 0.1) is 5.41 Å². The number of alkyl halides is 3. The molecule has 0 radical (unpaired) electrons. The average molecular weight is 293 g/mol. The largest absolute Gasteiger partial charge is 0.404 e. The van der Waals surface area contributed by atoms with Crippen LogP contribution in [0.3, 0.4) is 0 Å². The predicted molar refractivity (Wildman–Crippen MR) is 69.3 cm³/mol. The van der Waals surface area contributed by atoms with Gasteiger partial charge in [0.1, 0.15) is 0 Å². The lowest BCUT2D eigenvalue weighted by Crippen LogP contribution is -2.57. The Balaban J connectivity index is 2.02. The van der Waals surface area contributed by atoms with Gasteiger partial charge >= 0.3 is 6.18 Å². The Morgan fingerprint density at radius 3 is 2.80 bits per heavy atom. The lowest BCUT2D eigenvalue weighted by Gasteiger charge is -2.36. The molecule has 0 saturated carbocycles. The van der Waals surface area contributed by atoms with Gasteiger partial charge in [0.25, 0.3) is 0 Å². The number of hydrogen-bond donors (Lipinski definition) is 2. The summed E-state index contributed by atoms with van der Waals surface area (Å²) in [6, 6.07) is -0.170. The molecule has 0 aromatic carbocycles. The van der Waals surface area contributed by atoms with Gasteiger partial charge in [0.15, 0.2) is 5.41 Å². The van der Waals surface area contributed by atoms with Gasteiger partial charge in [-0.15, -0.1) is 0 Å². The molecule has 20 heavy (non-hydrogen) atoms. The topological polar surface area (TPSA) is 44.4 Å².